The van der Waals surface area contributed by atoms with Gasteiger partial charge in [0.15, 0.2) is 0 Å². The third kappa shape index (κ3) is 2.97. The van der Waals surface area contributed by atoms with Crippen molar-refractivity contribution in [3.8, 4) is 0 Å². The van der Waals surface area contributed by atoms with Gasteiger partial charge in [-0.25, -0.2) is 4.98 Å². The number of hydrogen-bond acceptors (Lipinski definition) is 2. The molecule has 1 N–H and O–H groups in total. The smallest absolute Gasteiger partial charge is 0.251 e. The van der Waals surface area contributed by atoms with Crippen LogP contribution in [-0.4, -0.2) is 16.9 Å². The topological polar surface area (TPSA) is 42.0 Å². The van der Waals surface area contributed by atoms with Gasteiger partial charge in [-0.1, -0.05) is 18.0 Å². The van der Waals surface area contributed by atoms with Crippen molar-refractivity contribution in [3.05, 3.63) is 28.5 Å². The first kappa shape index (κ1) is 12.4. The van der Waals surface area contributed by atoms with E-state index in [0.29, 0.717) is 16.6 Å². The molecular weight excluding hydrogens is 236 g/mol. The molecule has 1 amide bonds. The van der Waals surface area contributed by atoms with Crippen molar-refractivity contribution in [2.24, 2.45) is 5.92 Å². The molecule has 1 heterocycles. The molecule has 4 heteroatoms. The number of aromatic nitrogens is 1. The number of carbonyl (C=O) groups is 1. The molecule has 1 aliphatic carbocycles. The summed E-state index contributed by atoms with van der Waals surface area (Å²) >= 11 is 5.84. The fourth-order valence-corrected chi connectivity index (χ4v) is 2.36. The molecule has 0 aromatic carbocycles. The maximum atomic E-state index is 12.0. The Labute approximate surface area is 107 Å². The molecule has 3 nitrogen and oxygen atoms in total. The first-order valence-electron chi connectivity index (χ1n) is 6.01. The van der Waals surface area contributed by atoms with Gasteiger partial charge in [0.1, 0.15) is 5.15 Å². The van der Waals surface area contributed by atoms with Gasteiger partial charge in [-0.15, -0.1) is 0 Å². The lowest BCUT2D eigenvalue weighted by Gasteiger charge is -2.31. The van der Waals surface area contributed by atoms with Gasteiger partial charge in [0.2, 0.25) is 0 Å². The molecule has 1 aromatic heterocycles. The zero-order valence-corrected chi connectivity index (χ0v) is 10.9. The second-order valence-electron chi connectivity index (χ2n) is 4.77. The molecule has 1 fully saturated rings. The molecule has 1 aliphatic rings. The molecule has 0 bridgehead atoms. The summed E-state index contributed by atoms with van der Waals surface area (Å²) in [6.45, 7) is 3.90. The second-order valence-corrected chi connectivity index (χ2v) is 5.16. The first-order chi connectivity index (χ1) is 8.06. The largest absolute Gasteiger partial charge is 0.349 e. The van der Waals surface area contributed by atoms with Crippen molar-refractivity contribution in [1.29, 1.82) is 0 Å². The summed E-state index contributed by atoms with van der Waals surface area (Å²) in [6.07, 6.45) is 3.72. The number of hydrogen-bond donors (Lipinski definition) is 1. The lowest BCUT2D eigenvalue weighted by molar-refractivity contribution is 0.0909. The summed E-state index contributed by atoms with van der Waals surface area (Å²) in [6, 6.07) is 3.61. The van der Waals surface area contributed by atoms with Gasteiger partial charge >= 0.3 is 0 Å². The van der Waals surface area contributed by atoms with Crippen LogP contribution in [-0.2, 0) is 0 Å². The first-order valence-corrected chi connectivity index (χ1v) is 6.39. The number of carbonyl (C=O) groups excluding carboxylic acids is 1. The van der Waals surface area contributed by atoms with Crippen LogP contribution >= 0.6 is 11.6 Å². The van der Waals surface area contributed by atoms with Gasteiger partial charge in [0.25, 0.3) is 5.91 Å². The summed E-state index contributed by atoms with van der Waals surface area (Å²) in [5, 5.41) is 3.39. The van der Waals surface area contributed by atoms with Gasteiger partial charge in [-0.3, -0.25) is 4.79 Å². The van der Waals surface area contributed by atoms with Crippen molar-refractivity contribution >= 4 is 17.5 Å². The summed E-state index contributed by atoms with van der Waals surface area (Å²) in [5.41, 5.74) is 1.35. The average Bonchev–Trinajstić information content (AvgIpc) is 2.12. The molecule has 1 saturated carbocycles. The highest BCUT2D eigenvalue weighted by Gasteiger charge is 2.25. The Morgan fingerprint density at radius 1 is 1.53 bits per heavy atom. The number of aryl methyl sites for hydroxylation is 1. The fraction of sp³-hybridized carbons (Fsp3) is 0.538. The van der Waals surface area contributed by atoms with Crippen LogP contribution in [0.5, 0.6) is 0 Å². The molecule has 0 aliphatic heterocycles. The number of nitrogens with one attached hydrogen (secondary N) is 1. The van der Waals surface area contributed by atoms with Crippen molar-refractivity contribution < 1.29 is 4.79 Å². The van der Waals surface area contributed by atoms with Crippen molar-refractivity contribution in [3.63, 3.8) is 0 Å². The van der Waals surface area contributed by atoms with E-state index < -0.39 is 0 Å². The maximum absolute atomic E-state index is 12.0. The van der Waals surface area contributed by atoms with E-state index in [4.69, 9.17) is 11.6 Å². The van der Waals surface area contributed by atoms with Crippen LogP contribution in [0, 0.1) is 12.8 Å². The molecule has 0 spiro atoms. The third-order valence-electron chi connectivity index (χ3n) is 3.40. The predicted octanol–water partition coefficient (Wildman–Crippen LogP) is 2.96. The Kier molecular flexibility index (Phi) is 3.67. The van der Waals surface area contributed by atoms with Gasteiger partial charge in [0, 0.05) is 17.3 Å². The van der Waals surface area contributed by atoms with Gasteiger partial charge in [-0.2, -0.15) is 0 Å². The van der Waals surface area contributed by atoms with Crippen LogP contribution in [0.4, 0.5) is 0 Å². The Bertz CT molecular complexity index is 409. The predicted molar refractivity (Wildman–Crippen MR) is 68.3 cm³/mol. The lowest BCUT2D eigenvalue weighted by atomic mass is 9.80. The van der Waals surface area contributed by atoms with E-state index in [9.17, 15) is 4.79 Å². The SMILES string of the molecule is Cc1cc(C(=O)NC(C)C2CCC2)cc(Cl)n1. The third-order valence-corrected chi connectivity index (χ3v) is 3.59. The van der Waals surface area contributed by atoms with Crippen LogP contribution in [0.25, 0.3) is 0 Å². The summed E-state index contributed by atoms with van der Waals surface area (Å²) in [4.78, 5) is 16.1. The summed E-state index contributed by atoms with van der Waals surface area (Å²) < 4.78 is 0. The van der Waals surface area contributed by atoms with E-state index in [1.807, 2.05) is 6.92 Å². The van der Waals surface area contributed by atoms with Crippen molar-refractivity contribution in [2.45, 2.75) is 39.2 Å². The minimum atomic E-state index is -0.0585. The highest BCUT2D eigenvalue weighted by atomic mass is 35.5. The van der Waals surface area contributed by atoms with Gasteiger partial charge < -0.3 is 5.32 Å². The van der Waals surface area contributed by atoms with E-state index in [1.165, 1.54) is 19.3 Å². The molecule has 1 unspecified atom stereocenters. The Morgan fingerprint density at radius 2 is 2.24 bits per heavy atom. The number of nitrogens with zero attached hydrogens (tertiary/aromatic N) is 1. The summed E-state index contributed by atoms with van der Waals surface area (Å²) in [5.74, 6) is 0.578. The van der Waals surface area contributed by atoms with Gasteiger partial charge in [0.05, 0.1) is 0 Å². The molecule has 2 rings (SSSR count). The number of rotatable bonds is 3. The van der Waals surface area contributed by atoms with Gasteiger partial charge in [-0.05, 0) is 44.7 Å². The van der Waals surface area contributed by atoms with Crippen LogP contribution < -0.4 is 5.32 Å². The molecule has 1 atom stereocenters. The maximum Gasteiger partial charge on any atom is 0.251 e. The lowest BCUT2D eigenvalue weighted by Crippen LogP contribution is -2.40. The van der Waals surface area contributed by atoms with Crippen LogP contribution in [0.2, 0.25) is 5.15 Å². The molecule has 0 saturated heterocycles. The number of pyridine rings is 1. The van der Waals surface area contributed by atoms with E-state index in [0.717, 1.165) is 5.69 Å². The van der Waals surface area contributed by atoms with Crippen LogP contribution in [0.1, 0.15) is 42.2 Å². The quantitative estimate of drug-likeness (QED) is 0.841. The van der Waals surface area contributed by atoms with Crippen molar-refractivity contribution in [2.75, 3.05) is 0 Å². The number of amides is 1. The highest BCUT2D eigenvalue weighted by molar-refractivity contribution is 6.29. The molecular formula is C13H17ClN2O. The van der Waals surface area contributed by atoms with Crippen molar-refractivity contribution in [1.82, 2.24) is 10.3 Å². The second kappa shape index (κ2) is 5.05. The molecule has 17 heavy (non-hydrogen) atoms. The Balaban J connectivity index is 2.03. The standard InChI is InChI=1S/C13H17ClN2O/c1-8-6-11(7-12(14)15-8)13(17)16-9(2)10-4-3-5-10/h6-7,9-10H,3-5H2,1-2H3,(H,16,17). The van der Waals surface area contributed by atoms with E-state index in [-0.39, 0.29) is 11.9 Å². The average molecular weight is 253 g/mol. The molecule has 1 aromatic rings. The van der Waals surface area contributed by atoms with Crippen LogP contribution in [0.15, 0.2) is 12.1 Å². The monoisotopic (exact) mass is 252 g/mol. The fourth-order valence-electron chi connectivity index (χ4n) is 2.11. The van der Waals surface area contributed by atoms with Crippen LogP contribution in [0.3, 0.4) is 0 Å². The Hall–Kier alpha value is -1.09. The summed E-state index contributed by atoms with van der Waals surface area (Å²) in [7, 11) is 0. The zero-order chi connectivity index (χ0) is 12.4. The normalized spacial score (nSPS) is 17.4. The highest BCUT2D eigenvalue weighted by Crippen LogP contribution is 2.29. The molecule has 0 radical (unpaired) electrons. The van der Waals surface area contributed by atoms with E-state index in [2.05, 4.69) is 17.2 Å². The Morgan fingerprint density at radius 3 is 2.76 bits per heavy atom. The number of halogens is 1. The minimum Gasteiger partial charge on any atom is -0.349 e. The zero-order valence-electron chi connectivity index (χ0n) is 10.2. The molecule has 92 valence electrons. The minimum absolute atomic E-state index is 0.0585. The van der Waals surface area contributed by atoms with E-state index in [1.54, 1.807) is 12.1 Å². The van der Waals surface area contributed by atoms with E-state index >= 15 is 0 Å².